The number of halogens is 3. The number of hydrogen-bond acceptors (Lipinski definition) is 4. The molecule has 7 heteroatoms. The van der Waals surface area contributed by atoms with E-state index in [1.165, 1.54) is 55.9 Å². The van der Waals surface area contributed by atoms with E-state index in [1.54, 1.807) is 17.4 Å². The van der Waals surface area contributed by atoms with Gasteiger partial charge in [0.2, 0.25) is 0 Å². The second kappa shape index (κ2) is 14.2. The smallest absolute Gasteiger partial charge is 0.146 e. The van der Waals surface area contributed by atoms with Crippen LogP contribution in [0.15, 0.2) is 106 Å². The Kier molecular flexibility index (Phi) is 9.84. The van der Waals surface area contributed by atoms with Crippen LogP contribution in [0.5, 0.6) is 0 Å². The first kappa shape index (κ1) is 33.2. The molecule has 2 fully saturated rings. The number of nitrogens with zero attached hydrogens (tertiary/aromatic N) is 3. The number of alkyl halides is 1. The highest BCUT2D eigenvalue weighted by molar-refractivity contribution is 7.12. The third kappa shape index (κ3) is 6.76. The van der Waals surface area contributed by atoms with Gasteiger partial charge in [-0.25, -0.2) is 8.78 Å². The van der Waals surface area contributed by atoms with Crippen LogP contribution >= 0.6 is 22.9 Å². The summed E-state index contributed by atoms with van der Waals surface area (Å²) in [5.41, 5.74) is 6.37. The third-order valence-electron chi connectivity index (χ3n) is 10.9. The van der Waals surface area contributed by atoms with Crippen molar-refractivity contribution >= 4 is 34.5 Å². The van der Waals surface area contributed by atoms with E-state index in [-0.39, 0.29) is 0 Å². The molecule has 1 saturated heterocycles. The van der Waals surface area contributed by atoms with E-state index in [1.807, 2.05) is 18.2 Å². The molecule has 0 bridgehead atoms. The molecule has 3 unspecified atom stereocenters. The number of rotatable bonds is 10. The number of amidine groups is 1. The molecule has 1 saturated carbocycles. The predicted octanol–water partition coefficient (Wildman–Crippen LogP) is 11.1. The molecule has 5 atom stereocenters. The number of aliphatic imine (C=N–C) groups is 2. The van der Waals surface area contributed by atoms with Crippen LogP contribution in [0.4, 0.5) is 8.78 Å². The largest absolute Gasteiger partial charge is 0.328 e. The van der Waals surface area contributed by atoms with Gasteiger partial charge < -0.3 is 4.90 Å². The van der Waals surface area contributed by atoms with Crippen LogP contribution in [0.1, 0.15) is 85.9 Å². The van der Waals surface area contributed by atoms with Gasteiger partial charge in [0.15, 0.2) is 0 Å². The zero-order valence-electron chi connectivity index (χ0n) is 27.8. The maximum absolute atomic E-state index is 14.5. The number of hydrogen-bond donors (Lipinski definition) is 0. The molecule has 2 aromatic carbocycles. The molecular formula is C41H44ClF2N3S. The van der Waals surface area contributed by atoms with Crippen LogP contribution in [0.25, 0.3) is 0 Å². The lowest BCUT2D eigenvalue weighted by atomic mass is 9.79. The summed E-state index contributed by atoms with van der Waals surface area (Å²) < 4.78 is 28.7. The fraction of sp³-hybridized carbons (Fsp3) is 0.415. The molecule has 0 radical (unpaired) electrons. The Labute approximate surface area is 292 Å². The first-order valence-electron chi connectivity index (χ1n) is 17.5. The van der Waals surface area contributed by atoms with Crippen LogP contribution in [-0.2, 0) is 6.42 Å². The van der Waals surface area contributed by atoms with Crippen LogP contribution in [0.2, 0.25) is 5.02 Å². The highest BCUT2D eigenvalue weighted by atomic mass is 35.5. The normalized spacial score (nSPS) is 26.7. The first-order chi connectivity index (χ1) is 23.3. The molecule has 48 heavy (non-hydrogen) atoms. The number of thiophene rings is 1. The zero-order valence-corrected chi connectivity index (χ0v) is 29.4. The molecular weight excluding hydrogens is 640 g/mol. The number of fused-ring (bicyclic) bond motifs is 1. The summed E-state index contributed by atoms with van der Waals surface area (Å²) in [6, 6.07) is 17.0. The Morgan fingerprint density at radius 1 is 1.08 bits per heavy atom. The Morgan fingerprint density at radius 2 is 1.88 bits per heavy atom. The van der Waals surface area contributed by atoms with E-state index in [9.17, 15) is 8.78 Å². The van der Waals surface area contributed by atoms with E-state index in [2.05, 4.69) is 60.2 Å². The van der Waals surface area contributed by atoms with Crippen molar-refractivity contribution in [3.63, 3.8) is 0 Å². The van der Waals surface area contributed by atoms with Crippen LogP contribution in [0, 0.1) is 23.6 Å². The minimum Gasteiger partial charge on any atom is -0.328 e. The molecule has 3 aliphatic heterocycles. The summed E-state index contributed by atoms with van der Waals surface area (Å²) in [6.07, 6.45) is 12.9. The highest BCUT2D eigenvalue weighted by Crippen LogP contribution is 2.47. The Balaban J connectivity index is 1.19. The molecule has 7 rings (SSSR count). The molecule has 1 aliphatic carbocycles. The van der Waals surface area contributed by atoms with Gasteiger partial charge in [0.05, 0.1) is 16.6 Å². The maximum atomic E-state index is 14.5. The molecule has 250 valence electrons. The maximum Gasteiger partial charge on any atom is 0.146 e. The quantitative estimate of drug-likeness (QED) is 0.195. The van der Waals surface area contributed by atoms with E-state index in [0.717, 1.165) is 65.0 Å². The molecule has 1 aromatic heterocycles. The topological polar surface area (TPSA) is 28.0 Å². The lowest BCUT2D eigenvalue weighted by Crippen LogP contribution is -2.35. The standard InChI is InChI=1S/C41H44ClF2N3S/c1-4-28(14-9-27-10-15-30(16-11-27)29-12-7-25(2)8-13-29)31-22-37-39(36-20-19-35(45-36)26(3)43)40(33-18-17-32(44)23-34(33)42)46-41(47(37)24-31)38-6-5-21-48-38/h4-6,10-11,15-21,23,25-26,28-29,31,35,40H,1,7-9,12-14,22,24H2,2-3H3/t25?,26?,28?,29?,31-,35?,40-/m0/s1. The Morgan fingerprint density at radius 3 is 2.54 bits per heavy atom. The van der Waals surface area contributed by atoms with Crippen molar-refractivity contribution in [2.24, 2.45) is 27.7 Å². The average molecular weight is 684 g/mol. The summed E-state index contributed by atoms with van der Waals surface area (Å²) in [5, 5.41) is 2.38. The predicted molar refractivity (Wildman–Crippen MR) is 197 cm³/mol. The Bertz CT molecular complexity index is 1750. The van der Waals surface area contributed by atoms with E-state index >= 15 is 0 Å². The Hall–Kier alpha value is -3.35. The summed E-state index contributed by atoms with van der Waals surface area (Å²) in [6.45, 7) is 9.02. The average Bonchev–Trinajstić information content (AvgIpc) is 3.87. The minimum absolute atomic E-state index is 0.293. The van der Waals surface area contributed by atoms with Crippen molar-refractivity contribution in [2.75, 3.05) is 6.54 Å². The molecule has 3 aromatic rings. The van der Waals surface area contributed by atoms with Gasteiger partial charge in [-0.2, -0.15) is 0 Å². The van der Waals surface area contributed by atoms with Crippen LogP contribution < -0.4 is 0 Å². The monoisotopic (exact) mass is 683 g/mol. The lowest BCUT2D eigenvalue weighted by Gasteiger charge is -2.33. The van der Waals surface area contributed by atoms with Crippen molar-refractivity contribution < 1.29 is 8.78 Å². The summed E-state index contributed by atoms with van der Waals surface area (Å²) in [5.74, 6) is 2.66. The van der Waals surface area contributed by atoms with E-state index < -0.39 is 24.1 Å². The second-order valence-electron chi connectivity index (χ2n) is 14.1. The van der Waals surface area contributed by atoms with Gasteiger partial charge in [-0.05, 0) is 103 Å². The van der Waals surface area contributed by atoms with Crippen molar-refractivity contribution in [1.29, 1.82) is 0 Å². The third-order valence-corrected chi connectivity index (χ3v) is 12.1. The zero-order chi connectivity index (χ0) is 33.4. The summed E-state index contributed by atoms with van der Waals surface area (Å²) in [4.78, 5) is 13.6. The lowest BCUT2D eigenvalue weighted by molar-refractivity contribution is 0.337. The first-order valence-corrected chi connectivity index (χ1v) is 18.7. The number of benzene rings is 2. The molecule has 3 nitrogen and oxygen atoms in total. The van der Waals surface area contributed by atoms with Gasteiger partial charge in [-0.1, -0.05) is 79.9 Å². The molecule has 0 N–H and O–H groups in total. The van der Waals surface area contributed by atoms with E-state index in [0.29, 0.717) is 22.8 Å². The number of aryl methyl sites for hydroxylation is 1. The van der Waals surface area contributed by atoms with Gasteiger partial charge in [-0.3, -0.25) is 9.98 Å². The summed E-state index contributed by atoms with van der Waals surface area (Å²) in [7, 11) is 0. The molecule has 4 aliphatic rings. The van der Waals surface area contributed by atoms with Crippen molar-refractivity contribution in [1.82, 2.24) is 4.90 Å². The fourth-order valence-corrected chi connectivity index (χ4v) is 9.06. The molecule has 0 spiro atoms. The van der Waals surface area contributed by atoms with Crippen LogP contribution in [0.3, 0.4) is 0 Å². The van der Waals surface area contributed by atoms with E-state index in [4.69, 9.17) is 21.6 Å². The molecule has 4 heterocycles. The summed E-state index contributed by atoms with van der Waals surface area (Å²) >= 11 is 8.37. The van der Waals surface area contributed by atoms with Crippen molar-refractivity contribution in [2.45, 2.75) is 83.0 Å². The second-order valence-corrected chi connectivity index (χ2v) is 15.5. The SMILES string of the molecule is C=CC(CCc1ccc(C2CCC(C)CC2)cc1)[C@H]1CC2=C(C3=NC(C(C)F)C=C3)[C@H](c3ccc(F)cc3Cl)N=C(c3cccs3)N2C1. The molecule has 0 amide bonds. The minimum atomic E-state index is -1.11. The van der Waals surface area contributed by atoms with Gasteiger partial charge in [0, 0.05) is 28.4 Å². The van der Waals surface area contributed by atoms with Crippen LogP contribution in [-0.4, -0.2) is 35.2 Å². The van der Waals surface area contributed by atoms with Gasteiger partial charge >= 0.3 is 0 Å². The highest BCUT2D eigenvalue weighted by Gasteiger charge is 2.42. The van der Waals surface area contributed by atoms with Gasteiger partial charge in [0.25, 0.3) is 0 Å². The van der Waals surface area contributed by atoms with Gasteiger partial charge in [0.1, 0.15) is 23.9 Å². The van der Waals surface area contributed by atoms with Gasteiger partial charge in [-0.15, -0.1) is 17.9 Å². The van der Waals surface area contributed by atoms with Crippen molar-refractivity contribution in [3.05, 3.63) is 128 Å². The van der Waals surface area contributed by atoms with Crippen molar-refractivity contribution in [3.8, 4) is 0 Å². The number of allylic oxidation sites excluding steroid dienone is 3. The fourth-order valence-electron chi connectivity index (χ4n) is 8.06.